The van der Waals surface area contributed by atoms with E-state index in [0.717, 1.165) is 28.4 Å². The van der Waals surface area contributed by atoms with Crippen LogP contribution in [0, 0.1) is 24.7 Å². The molecule has 1 amide bonds. The molecule has 0 spiro atoms. The molecule has 2 bridgehead atoms. The van der Waals surface area contributed by atoms with E-state index in [0.29, 0.717) is 18.3 Å². The fourth-order valence-corrected chi connectivity index (χ4v) is 5.49. The molecule has 3 nitrogen and oxygen atoms in total. The predicted octanol–water partition coefficient (Wildman–Crippen LogP) is 5.35. The monoisotopic (exact) mass is 353 g/mol. The molecular formula is C23H31NO2. The number of nitrogens with one attached hydrogen (secondary N) is 1. The van der Waals surface area contributed by atoms with Gasteiger partial charge in [-0.25, -0.2) is 0 Å². The van der Waals surface area contributed by atoms with Crippen molar-refractivity contribution in [3.8, 4) is 0 Å². The van der Waals surface area contributed by atoms with Crippen molar-refractivity contribution in [2.45, 2.75) is 71.8 Å². The molecule has 1 heterocycles. The summed E-state index contributed by atoms with van der Waals surface area (Å²) in [6.45, 7) is 8.73. The van der Waals surface area contributed by atoms with E-state index < -0.39 is 0 Å². The summed E-state index contributed by atoms with van der Waals surface area (Å²) in [6.07, 6.45) is 7.61. The van der Waals surface area contributed by atoms with Gasteiger partial charge in [-0.05, 0) is 80.0 Å². The summed E-state index contributed by atoms with van der Waals surface area (Å²) in [7, 11) is 0. The van der Waals surface area contributed by atoms with Gasteiger partial charge in [0.15, 0.2) is 0 Å². The normalized spacial score (nSPS) is 26.0. The number of rotatable bonds is 5. The van der Waals surface area contributed by atoms with Crippen LogP contribution >= 0.6 is 0 Å². The third-order valence-electron chi connectivity index (χ3n) is 6.84. The number of fused-ring (bicyclic) bond motifs is 3. The summed E-state index contributed by atoms with van der Waals surface area (Å²) in [5, 5.41) is 4.36. The van der Waals surface area contributed by atoms with E-state index in [1.54, 1.807) is 6.26 Å². The highest BCUT2D eigenvalue weighted by atomic mass is 16.3. The number of carbonyl (C=O) groups is 1. The molecule has 2 aliphatic carbocycles. The Labute approximate surface area is 156 Å². The van der Waals surface area contributed by atoms with Crippen molar-refractivity contribution >= 4 is 16.9 Å². The zero-order valence-electron chi connectivity index (χ0n) is 16.5. The summed E-state index contributed by atoms with van der Waals surface area (Å²) in [5.74, 6) is 3.01. The molecule has 2 aromatic rings. The van der Waals surface area contributed by atoms with Crippen LogP contribution in [0.25, 0.3) is 11.0 Å². The fourth-order valence-electron chi connectivity index (χ4n) is 5.49. The van der Waals surface area contributed by atoms with Gasteiger partial charge >= 0.3 is 0 Å². The van der Waals surface area contributed by atoms with E-state index in [1.165, 1.54) is 36.8 Å². The third-order valence-corrected chi connectivity index (χ3v) is 6.84. The van der Waals surface area contributed by atoms with E-state index in [4.69, 9.17) is 4.42 Å². The largest absolute Gasteiger partial charge is 0.464 e. The van der Waals surface area contributed by atoms with Gasteiger partial charge in [-0.3, -0.25) is 4.79 Å². The van der Waals surface area contributed by atoms with Crippen LogP contribution in [0.15, 0.2) is 22.8 Å². The molecule has 140 valence electrons. The van der Waals surface area contributed by atoms with Crippen molar-refractivity contribution in [2.24, 2.45) is 17.8 Å². The highest BCUT2D eigenvalue weighted by molar-refractivity contribution is 5.88. The third kappa shape index (κ3) is 3.17. The first-order valence-electron chi connectivity index (χ1n) is 10.2. The number of carbonyl (C=O) groups excluding carboxylic acids is 1. The number of aryl methyl sites for hydroxylation is 1. The Balaban J connectivity index is 1.46. The molecule has 2 fully saturated rings. The lowest BCUT2D eigenvalue weighted by molar-refractivity contribution is -0.121. The molecule has 1 aromatic carbocycles. The molecule has 4 rings (SSSR count). The van der Waals surface area contributed by atoms with Crippen LogP contribution in [-0.2, 0) is 11.2 Å². The number of furan rings is 1. The van der Waals surface area contributed by atoms with Gasteiger partial charge in [0.25, 0.3) is 0 Å². The number of hydrogen-bond acceptors (Lipinski definition) is 2. The minimum absolute atomic E-state index is 0.120. The van der Waals surface area contributed by atoms with Crippen LogP contribution in [-0.4, -0.2) is 11.9 Å². The first-order valence-corrected chi connectivity index (χ1v) is 10.2. The van der Waals surface area contributed by atoms with Crippen LogP contribution in [0.4, 0.5) is 0 Å². The SMILES string of the molecule is Cc1cc2occ(CC(=O)N[C@@H](C)[C@@H]3C[C@@H]4CC[C@@H]3C4)c2cc1C(C)C. The van der Waals surface area contributed by atoms with Crippen molar-refractivity contribution < 1.29 is 9.21 Å². The van der Waals surface area contributed by atoms with Gasteiger partial charge in [0.05, 0.1) is 12.7 Å². The van der Waals surface area contributed by atoms with Crippen LogP contribution in [0.3, 0.4) is 0 Å². The molecule has 1 aromatic heterocycles. The Hall–Kier alpha value is -1.77. The van der Waals surface area contributed by atoms with E-state index in [1.807, 2.05) is 0 Å². The van der Waals surface area contributed by atoms with Crippen LogP contribution in [0.5, 0.6) is 0 Å². The van der Waals surface area contributed by atoms with E-state index in [-0.39, 0.29) is 11.9 Å². The second-order valence-corrected chi connectivity index (χ2v) is 8.99. The number of amides is 1. The molecule has 0 saturated heterocycles. The van der Waals surface area contributed by atoms with Gasteiger partial charge in [0.2, 0.25) is 5.91 Å². The molecule has 0 aliphatic heterocycles. The zero-order valence-corrected chi connectivity index (χ0v) is 16.5. The molecule has 3 heteroatoms. The fraction of sp³-hybridized carbons (Fsp3) is 0.609. The Bertz CT molecular complexity index is 819. The highest BCUT2D eigenvalue weighted by Crippen LogP contribution is 2.49. The first kappa shape index (κ1) is 17.6. The summed E-state index contributed by atoms with van der Waals surface area (Å²) in [6, 6.07) is 4.59. The minimum Gasteiger partial charge on any atom is -0.464 e. The van der Waals surface area contributed by atoms with Crippen molar-refractivity contribution in [1.82, 2.24) is 5.32 Å². The molecule has 2 saturated carbocycles. The molecule has 2 aliphatic rings. The topological polar surface area (TPSA) is 42.2 Å². The van der Waals surface area contributed by atoms with Gasteiger partial charge in [-0.15, -0.1) is 0 Å². The molecule has 4 atom stereocenters. The Morgan fingerprint density at radius 2 is 2.04 bits per heavy atom. The molecule has 0 radical (unpaired) electrons. The smallest absolute Gasteiger partial charge is 0.224 e. The van der Waals surface area contributed by atoms with Crippen molar-refractivity contribution in [1.29, 1.82) is 0 Å². The highest BCUT2D eigenvalue weighted by Gasteiger charge is 2.42. The van der Waals surface area contributed by atoms with Crippen molar-refractivity contribution in [3.05, 3.63) is 35.1 Å². The lowest BCUT2D eigenvalue weighted by Crippen LogP contribution is -2.40. The second-order valence-electron chi connectivity index (χ2n) is 8.99. The quantitative estimate of drug-likeness (QED) is 0.787. The second kappa shape index (κ2) is 6.75. The number of benzene rings is 1. The van der Waals surface area contributed by atoms with Gasteiger partial charge in [-0.2, -0.15) is 0 Å². The average molecular weight is 354 g/mol. The zero-order chi connectivity index (χ0) is 18.4. The van der Waals surface area contributed by atoms with E-state index >= 15 is 0 Å². The maximum absolute atomic E-state index is 12.7. The number of hydrogen-bond donors (Lipinski definition) is 1. The lowest BCUT2D eigenvalue weighted by Gasteiger charge is -2.28. The lowest BCUT2D eigenvalue weighted by atomic mass is 9.84. The Morgan fingerprint density at radius 3 is 2.69 bits per heavy atom. The maximum atomic E-state index is 12.7. The standard InChI is InChI=1S/C23H31NO2/c1-13(2)19-11-21-18(12-26-22(21)7-14(19)3)10-23(25)24-15(4)20-9-16-5-6-17(20)8-16/h7,11-13,15-17,20H,5-6,8-10H2,1-4H3,(H,24,25)/t15-,16+,17+,20-/m0/s1. The van der Waals surface area contributed by atoms with Gasteiger partial charge < -0.3 is 9.73 Å². The summed E-state index contributed by atoms with van der Waals surface area (Å²) in [4.78, 5) is 12.7. The summed E-state index contributed by atoms with van der Waals surface area (Å²) >= 11 is 0. The van der Waals surface area contributed by atoms with Crippen LogP contribution in [0.2, 0.25) is 0 Å². The van der Waals surface area contributed by atoms with Crippen molar-refractivity contribution in [3.63, 3.8) is 0 Å². The van der Waals surface area contributed by atoms with E-state index in [2.05, 4.69) is 45.1 Å². The molecule has 26 heavy (non-hydrogen) atoms. The maximum Gasteiger partial charge on any atom is 0.224 e. The summed E-state index contributed by atoms with van der Waals surface area (Å²) < 4.78 is 5.73. The average Bonchev–Trinajstić information content (AvgIpc) is 3.29. The van der Waals surface area contributed by atoms with Crippen LogP contribution < -0.4 is 5.32 Å². The molecular weight excluding hydrogens is 322 g/mol. The van der Waals surface area contributed by atoms with Gasteiger partial charge in [0, 0.05) is 17.0 Å². The minimum atomic E-state index is 0.120. The van der Waals surface area contributed by atoms with Crippen LogP contribution in [0.1, 0.15) is 69.1 Å². The van der Waals surface area contributed by atoms with Crippen molar-refractivity contribution in [2.75, 3.05) is 0 Å². The predicted molar refractivity (Wildman–Crippen MR) is 105 cm³/mol. The van der Waals surface area contributed by atoms with Gasteiger partial charge in [-0.1, -0.05) is 20.3 Å². The Morgan fingerprint density at radius 1 is 1.23 bits per heavy atom. The molecule has 1 N–H and O–H groups in total. The van der Waals surface area contributed by atoms with E-state index in [9.17, 15) is 4.79 Å². The molecule has 0 unspecified atom stereocenters. The Kier molecular flexibility index (Phi) is 4.58. The summed E-state index contributed by atoms with van der Waals surface area (Å²) in [5.41, 5.74) is 4.47. The van der Waals surface area contributed by atoms with Gasteiger partial charge in [0.1, 0.15) is 5.58 Å². The first-order chi connectivity index (χ1) is 12.4.